The fourth-order valence-electron chi connectivity index (χ4n) is 2.87. The first-order chi connectivity index (χ1) is 14.7. The Kier molecular flexibility index (Phi) is 8.78. The number of hydrogen-bond acceptors (Lipinski definition) is 6. The molecule has 2 aromatic rings. The summed E-state index contributed by atoms with van der Waals surface area (Å²) < 4.78 is 46.5. The van der Waals surface area contributed by atoms with Crippen LogP contribution in [0.15, 0.2) is 42.6 Å². The predicted octanol–water partition coefficient (Wildman–Crippen LogP) is 3.33. The van der Waals surface area contributed by atoms with Crippen molar-refractivity contribution in [2.75, 3.05) is 19.0 Å². The number of benzene rings is 1. The predicted molar refractivity (Wildman–Crippen MR) is 106 cm³/mol. The van der Waals surface area contributed by atoms with Gasteiger partial charge in [-0.15, -0.1) is 0 Å². The van der Waals surface area contributed by atoms with Crippen LogP contribution >= 0.6 is 0 Å². The van der Waals surface area contributed by atoms with Gasteiger partial charge < -0.3 is 25.0 Å². The Bertz CT molecular complexity index is 846. The molecule has 2 heterocycles. The van der Waals surface area contributed by atoms with Crippen molar-refractivity contribution in [3.05, 3.63) is 53.9 Å². The molecular weight excluding hydrogens is 417 g/mol. The Morgan fingerprint density at radius 1 is 1.29 bits per heavy atom. The number of methoxy groups -OCH3 is 1. The standard InChI is InChI=1S/C13H18N2O4.C8H7F3O/c1-8-2-5-12(19-8)13(18)15-9-3-4-10(14-6-9)11(17)7-16;1-12-7-5-3-2-4-6(7)8(9,10)11/h3-4,6,8,11-12,16-17H,2,5,7H2,1H3,(H,15,18);2-5H,1H3. The molecule has 1 aliphatic heterocycles. The largest absolute Gasteiger partial charge is 0.496 e. The molecule has 0 bridgehead atoms. The zero-order valence-electron chi connectivity index (χ0n) is 17.1. The van der Waals surface area contributed by atoms with Crippen molar-refractivity contribution in [2.45, 2.75) is 44.3 Å². The van der Waals surface area contributed by atoms with E-state index in [1.807, 2.05) is 6.92 Å². The van der Waals surface area contributed by atoms with E-state index in [1.54, 1.807) is 12.1 Å². The molecule has 170 valence electrons. The van der Waals surface area contributed by atoms with Crippen molar-refractivity contribution in [1.29, 1.82) is 0 Å². The van der Waals surface area contributed by atoms with Gasteiger partial charge in [-0.05, 0) is 44.0 Å². The topological polar surface area (TPSA) is 101 Å². The van der Waals surface area contributed by atoms with Crippen LogP contribution in [0.2, 0.25) is 0 Å². The molecule has 3 N–H and O–H groups in total. The maximum atomic E-state index is 12.2. The number of amides is 1. The minimum Gasteiger partial charge on any atom is -0.496 e. The Morgan fingerprint density at radius 3 is 2.48 bits per heavy atom. The van der Waals surface area contributed by atoms with E-state index < -0.39 is 23.9 Å². The fourth-order valence-corrected chi connectivity index (χ4v) is 2.87. The Labute approximate surface area is 177 Å². The number of nitrogens with one attached hydrogen (secondary N) is 1. The van der Waals surface area contributed by atoms with Crippen LogP contribution in [0.5, 0.6) is 5.75 Å². The van der Waals surface area contributed by atoms with Gasteiger partial charge in [-0.1, -0.05) is 12.1 Å². The van der Waals surface area contributed by atoms with E-state index in [-0.39, 0.29) is 24.4 Å². The van der Waals surface area contributed by atoms with E-state index in [0.29, 0.717) is 11.4 Å². The molecule has 1 amide bonds. The summed E-state index contributed by atoms with van der Waals surface area (Å²) in [5.41, 5.74) is 0.167. The minimum atomic E-state index is -4.34. The highest BCUT2D eigenvalue weighted by atomic mass is 19.4. The van der Waals surface area contributed by atoms with E-state index in [4.69, 9.17) is 9.84 Å². The second kappa shape index (κ2) is 11.1. The molecule has 31 heavy (non-hydrogen) atoms. The quantitative estimate of drug-likeness (QED) is 0.657. The average molecular weight is 442 g/mol. The monoisotopic (exact) mass is 442 g/mol. The van der Waals surface area contributed by atoms with Crippen LogP contribution < -0.4 is 10.1 Å². The van der Waals surface area contributed by atoms with E-state index in [9.17, 15) is 23.1 Å². The van der Waals surface area contributed by atoms with Gasteiger partial charge in [0, 0.05) is 0 Å². The van der Waals surface area contributed by atoms with Gasteiger partial charge >= 0.3 is 6.18 Å². The first-order valence-corrected chi connectivity index (χ1v) is 9.57. The third-order valence-corrected chi connectivity index (χ3v) is 4.51. The highest BCUT2D eigenvalue weighted by Crippen LogP contribution is 2.35. The number of pyridine rings is 1. The van der Waals surface area contributed by atoms with Gasteiger partial charge in [0.1, 0.15) is 18.0 Å². The van der Waals surface area contributed by atoms with Gasteiger partial charge in [0.2, 0.25) is 0 Å². The fraction of sp³-hybridized carbons (Fsp3) is 0.429. The third kappa shape index (κ3) is 7.20. The average Bonchev–Trinajstić information content (AvgIpc) is 3.20. The van der Waals surface area contributed by atoms with Crippen molar-refractivity contribution < 1.29 is 37.7 Å². The van der Waals surface area contributed by atoms with Gasteiger partial charge in [0.05, 0.1) is 43.0 Å². The maximum Gasteiger partial charge on any atom is 0.419 e. The minimum absolute atomic E-state index is 0.121. The number of aliphatic hydroxyl groups is 2. The summed E-state index contributed by atoms with van der Waals surface area (Å²) in [6, 6.07) is 8.28. The smallest absolute Gasteiger partial charge is 0.419 e. The van der Waals surface area contributed by atoms with Crippen LogP contribution in [0.4, 0.5) is 18.9 Å². The lowest BCUT2D eigenvalue weighted by atomic mass is 10.2. The lowest BCUT2D eigenvalue weighted by Crippen LogP contribution is -2.27. The second-order valence-electron chi connectivity index (χ2n) is 6.87. The van der Waals surface area contributed by atoms with Crippen molar-refractivity contribution in [1.82, 2.24) is 4.98 Å². The highest BCUT2D eigenvalue weighted by molar-refractivity contribution is 5.94. The molecule has 1 saturated heterocycles. The SMILES string of the molecule is CC1CCC(C(=O)Nc2ccc(C(O)CO)nc2)O1.COc1ccccc1C(F)(F)F. The number of halogens is 3. The normalized spacial score (nSPS) is 19.2. The molecule has 1 aromatic heterocycles. The summed E-state index contributed by atoms with van der Waals surface area (Å²) in [5.74, 6) is -0.327. The number of carbonyl (C=O) groups excluding carboxylic acids is 1. The van der Waals surface area contributed by atoms with E-state index in [0.717, 1.165) is 18.9 Å². The van der Waals surface area contributed by atoms with Crippen molar-refractivity contribution in [3.63, 3.8) is 0 Å². The summed E-state index contributed by atoms with van der Waals surface area (Å²) >= 11 is 0. The Balaban J connectivity index is 0.000000245. The lowest BCUT2D eigenvalue weighted by Gasteiger charge is -2.12. The molecule has 1 aromatic carbocycles. The Morgan fingerprint density at radius 2 is 2.00 bits per heavy atom. The van der Waals surface area contributed by atoms with Crippen LogP contribution in [0.25, 0.3) is 0 Å². The first-order valence-electron chi connectivity index (χ1n) is 9.57. The molecule has 0 saturated carbocycles. The number of ether oxygens (including phenoxy) is 2. The number of hydrogen-bond donors (Lipinski definition) is 3. The summed E-state index contributed by atoms with van der Waals surface area (Å²) in [6.07, 6.45) is -2.56. The number of anilines is 1. The second-order valence-corrected chi connectivity index (χ2v) is 6.87. The molecule has 3 rings (SSSR count). The lowest BCUT2D eigenvalue weighted by molar-refractivity contribution is -0.138. The van der Waals surface area contributed by atoms with Crippen molar-refractivity contribution in [3.8, 4) is 5.75 Å². The Hall–Kier alpha value is -2.69. The molecule has 1 fully saturated rings. The number of aromatic nitrogens is 1. The number of rotatable bonds is 5. The highest BCUT2D eigenvalue weighted by Gasteiger charge is 2.33. The van der Waals surface area contributed by atoms with Gasteiger partial charge in [-0.3, -0.25) is 9.78 Å². The number of para-hydroxylation sites is 1. The molecule has 10 heteroatoms. The molecule has 1 aliphatic rings. The number of aliphatic hydroxyl groups excluding tert-OH is 2. The van der Waals surface area contributed by atoms with Crippen LogP contribution in [-0.4, -0.2) is 47.0 Å². The first kappa shape index (κ1) is 24.6. The van der Waals surface area contributed by atoms with Crippen LogP contribution in [0.3, 0.4) is 0 Å². The third-order valence-electron chi connectivity index (χ3n) is 4.51. The van der Waals surface area contributed by atoms with Gasteiger partial charge in [-0.2, -0.15) is 13.2 Å². The van der Waals surface area contributed by atoms with Crippen LogP contribution in [0, 0.1) is 0 Å². The van der Waals surface area contributed by atoms with E-state index in [2.05, 4.69) is 15.0 Å². The summed E-state index contributed by atoms with van der Waals surface area (Å²) in [6.45, 7) is 1.56. The summed E-state index contributed by atoms with van der Waals surface area (Å²) in [5, 5.41) is 20.9. The van der Waals surface area contributed by atoms with Crippen molar-refractivity contribution >= 4 is 11.6 Å². The number of nitrogens with zero attached hydrogens (tertiary/aromatic N) is 1. The molecule has 0 radical (unpaired) electrons. The van der Waals surface area contributed by atoms with Crippen molar-refractivity contribution in [2.24, 2.45) is 0 Å². The molecular formula is C21H25F3N2O5. The van der Waals surface area contributed by atoms with E-state index >= 15 is 0 Å². The van der Waals surface area contributed by atoms with Gasteiger partial charge in [0.15, 0.2) is 0 Å². The zero-order valence-corrected chi connectivity index (χ0v) is 17.1. The number of carbonyl (C=O) groups is 1. The molecule has 3 atom stereocenters. The molecule has 3 unspecified atom stereocenters. The van der Waals surface area contributed by atoms with Gasteiger partial charge in [-0.25, -0.2) is 0 Å². The molecule has 0 spiro atoms. The van der Waals surface area contributed by atoms with Crippen LogP contribution in [0.1, 0.15) is 37.1 Å². The summed E-state index contributed by atoms with van der Waals surface area (Å²) in [7, 11) is 1.21. The molecule has 7 nitrogen and oxygen atoms in total. The maximum absolute atomic E-state index is 12.2. The molecule has 0 aliphatic carbocycles. The van der Waals surface area contributed by atoms with Gasteiger partial charge in [0.25, 0.3) is 5.91 Å². The zero-order chi connectivity index (χ0) is 23.0. The summed E-state index contributed by atoms with van der Waals surface area (Å²) in [4.78, 5) is 15.9. The number of alkyl halides is 3. The van der Waals surface area contributed by atoms with E-state index in [1.165, 1.54) is 31.5 Å². The van der Waals surface area contributed by atoms with Crippen LogP contribution in [-0.2, 0) is 15.7 Å².